The summed E-state index contributed by atoms with van der Waals surface area (Å²) < 4.78 is 39.7. The Bertz CT molecular complexity index is 325. The van der Waals surface area contributed by atoms with Crippen LogP contribution in [0.15, 0.2) is 24.3 Å². The van der Waals surface area contributed by atoms with Crippen molar-refractivity contribution in [3.63, 3.8) is 0 Å². The van der Waals surface area contributed by atoms with Crippen LogP contribution in [0.3, 0.4) is 0 Å². The summed E-state index contributed by atoms with van der Waals surface area (Å²) in [7, 11) is 0. The summed E-state index contributed by atoms with van der Waals surface area (Å²) in [6, 6.07) is 6.10. The molecule has 1 nitrogen and oxygen atoms in total. The molecule has 0 spiro atoms. The summed E-state index contributed by atoms with van der Waals surface area (Å²) in [4.78, 5) is 0. The third-order valence-electron chi connectivity index (χ3n) is 1.75. The molecule has 0 heterocycles. The van der Waals surface area contributed by atoms with Crippen LogP contribution in [0.5, 0.6) is 5.75 Å². The molecule has 0 fully saturated rings. The Morgan fingerprint density at radius 3 is 2.69 bits per heavy atom. The van der Waals surface area contributed by atoms with Crippen LogP contribution < -0.4 is 4.74 Å². The van der Waals surface area contributed by atoms with Crippen molar-refractivity contribution in [2.75, 3.05) is 5.75 Å². The summed E-state index contributed by atoms with van der Waals surface area (Å²) in [6.07, 6.45) is -3.56. The minimum absolute atomic E-state index is 0.151. The lowest BCUT2D eigenvalue weighted by Crippen LogP contribution is -2.17. The van der Waals surface area contributed by atoms with E-state index in [0.29, 0.717) is 5.75 Å². The zero-order chi connectivity index (χ0) is 12.0. The van der Waals surface area contributed by atoms with Gasteiger partial charge in [-0.2, -0.15) is 11.8 Å². The molecule has 0 amide bonds. The summed E-state index contributed by atoms with van der Waals surface area (Å²) in [6.45, 7) is 2.07. The van der Waals surface area contributed by atoms with Crippen molar-refractivity contribution < 1.29 is 17.9 Å². The van der Waals surface area contributed by atoms with Gasteiger partial charge < -0.3 is 4.74 Å². The second-order valence-electron chi connectivity index (χ2n) is 3.25. The average molecular weight is 250 g/mol. The second kappa shape index (κ2) is 6.03. The van der Waals surface area contributed by atoms with E-state index < -0.39 is 6.36 Å². The van der Waals surface area contributed by atoms with Crippen LogP contribution in [-0.4, -0.2) is 12.1 Å². The highest BCUT2D eigenvalue weighted by Gasteiger charge is 2.31. The molecule has 0 radical (unpaired) electrons. The highest BCUT2D eigenvalue weighted by atomic mass is 32.2. The summed E-state index contributed by atoms with van der Waals surface area (Å²) in [5.74, 6) is 1.56. The van der Waals surface area contributed by atoms with Crippen molar-refractivity contribution in [2.45, 2.75) is 25.5 Å². The monoisotopic (exact) mass is 250 g/mol. The number of alkyl halides is 3. The Morgan fingerprint density at radius 1 is 1.31 bits per heavy atom. The van der Waals surface area contributed by atoms with Gasteiger partial charge in [0.05, 0.1) is 0 Å². The molecule has 0 aliphatic heterocycles. The number of rotatable bonds is 5. The number of benzene rings is 1. The highest BCUT2D eigenvalue weighted by Crippen LogP contribution is 2.24. The van der Waals surface area contributed by atoms with Crippen LogP contribution in [0.2, 0.25) is 0 Å². The van der Waals surface area contributed by atoms with E-state index in [1.807, 2.05) is 0 Å². The molecule has 1 aromatic rings. The number of ether oxygens (including phenoxy) is 1. The first kappa shape index (κ1) is 13.2. The predicted molar refractivity (Wildman–Crippen MR) is 59.6 cm³/mol. The fraction of sp³-hybridized carbons (Fsp3) is 0.455. The molecule has 0 atom stereocenters. The van der Waals surface area contributed by atoms with E-state index in [1.165, 1.54) is 12.1 Å². The first-order chi connectivity index (χ1) is 7.51. The second-order valence-corrected chi connectivity index (χ2v) is 4.35. The molecule has 1 aromatic carbocycles. The lowest BCUT2D eigenvalue weighted by molar-refractivity contribution is -0.274. The Hall–Kier alpha value is -0.840. The molecule has 0 bridgehead atoms. The molecular formula is C11H13F3OS. The molecule has 1 rings (SSSR count). The Kier molecular flexibility index (Phi) is 4.99. The molecule has 0 unspecified atom stereocenters. The third-order valence-corrected chi connectivity index (χ3v) is 2.98. The van der Waals surface area contributed by atoms with Crippen LogP contribution in [0, 0.1) is 0 Å². The zero-order valence-electron chi connectivity index (χ0n) is 8.88. The van der Waals surface area contributed by atoms with Crippen molar-refractivity contribution in [3.05, 3.63) is 29.8 Å². The standard InChI is InChI=1S/C11H13F3OS/c1-2-6-16-8-9-4-3-5-10(7-9)15-11(12,13)14/h3-5,7H,2,6,8H2,1H3. The van der Waals surface area contributed by atoms with Crippen LogP contribution in [0.4, 0.5) is 13.2 Å². The average Bonchev–Trinajstić information content (AvgIpc) is 2.16. The van der Waals surface area contributed by atoms with Crippen molar-refractivity contribution in [1.29, 1.82) is 0 Å². The molecule has 0 saturated heterocycles. The first-order valence-electron chi connectivity index (χ1n) is 4.93. The molecule has 0 saturated carbocycles. The summed E-state index contributed by atoms with van der Waals surface area (Å²) in [5, 5.41) is 0. The van der Waals surface area contributed by atoms with Gasteiger partial charge >= 0.3 is 6.36 Å². The fourth-order valence-corrected chi connectivity index (χ4v) is 2.02. The number of halogens is 3. The van der Waals surface area contributed by atoms with Gasteiger partial charge in [0, 0.05) is 5.75 Å². The molecule has 0 aliphatic carbocycles. The molecule has 16 heavy (non-hydrogen) atoms. The van der Waals surface area contributed by atoms with E-state index in [2.05, 4.69) is 11.7 Å². The normalized spacial score (nSPS) is 11.5. The van der Waals surface area contributed by atoms with Gasteiger partial charge in [-0.3, -0.25) is 0 Å². The maximum absolute atomic E-state index is 12.0. The summed E-state index contributed by atoms with van der Waals surface area (Å²) >= 11 is 1.70. The molecule has 90 valence electrons. The van der Waals surface area contributed by atoms with Crippen LogP contribution in [0.1, 0.15) is 18.9 Å². The lowest BCUT2D eigenvalue weighted by Gasteiger charge is -2.09. The van der Waals surface area contributed by atoms with E-state index in [0.717, 1.165) is 17.7 Å². The van der Waals surface area contributed by atoms with Crippen molar-refractivity contribution >= 4 is 11.8 Å². The van der Waals surface area contributed by atoms with Gasteiger partial charge in [0.1, 0.15) is 5.75 Å². The topological polar surface area (TPSA) is 9.23 Å². The predicted octanol–water partition coefficient (Wildman–Crippen LogP) is 4.23. The van der Waals surface area contributed by atoms with Gasteiger partial charge in [-0.1, -0.05) is 19.1 Å². The summed E-state index contributed by atoms with van der Waals surface area (Å²) in [5.41, 5.74) is 0.847. The third kappa shape index (κ3) is 5.30. The van der Waals surface area contributed by atoms with Gasteiger partial charge in [0.25, 0.3) is 0 Å². The Labute approximate surface area is 97.0 Å². The van der Waals surface area contributed by atoms with Crippen molar-refractivity contribution in [1.82, 2.24) is 0 Å². The zero-order valence-corrected chi connectivity index (χ0v) is 9.70. The van der Waals surface area contributed by atoms with E-state index in [-0.39, 0.29) is 5.75 Å². The maximum atomic E-state index is 12.0. The van der Waals surface area contributed by atoms with Gasteiger partial charge in [0.15, 0.2) is 0 Å². The number of hydrogen-bond donors (Lipinski definition) is 0. The maximum Gasteiger partial charge on any atom is 0.573 e. The van der Waals surface area contributed by atoms with E-state index in [9.17, 15) is 13.2 Å². The van der Waals surface area contributed by atoms with Crippen LogP contribution in [0.25, 0.3) is 0 Å². The van der Waals surface area contributed by atoms with E-state index in [4.69, 9.17) is 0 Å². The Morgan fingerprint density at radius 2 is 2.06 bits per heavy atom. The number of thioether (sulfide) groups is 1. The van der Waals surface area contributed by atoms with Gasteiger partial charge in [-0.05, 0) is 29.9 Å². The number of hydrogen-bond acceptors (Lipinski definition) is 2. The highest BCUT2D eigenvalue weighted by molar-refractivity contribution is 7.98. The van der Waals surface area contributed by atoms with E-state index in [1.54, 1.807) is 23.9 Å². The van der Waals surface area contributed by atoms with Gasteiger partial charge in [-0.25, -0.2) is 0 Å². The molecule has 5 heteroatoms. The largest absolute Gasteiger partial charge is 0.573 e. The van der Waals surface area contributed by atoms with E-state index >= 15 is 0 Å². The molecular weight excluding hydrogens is 237 g/mol. The lowest BCUT2D eigenvalue weighted by atomic mass is 10.2. The van der Waals surface area contributed by atoms with Gasteiger partial charge in [0.2, 0.25) is 0 Å². The Balaban J connectivity index is 2.57. The minimum atomic E-state index is -4.62. The smallest absolute Gasteiger partial charge is 0.406 e. The fourth-order valence-electron chi connectivity index (χ4n) is 1.17. The quantitative estimate of drug-likeness (QED) is 0.723. The first-order valence-corrected chi connectivity index (χ1v) is 6.09. The van der Waals surface area contributed by atoms with Crippen LogP contribution >= 0.6 is 11.8 Å². The van der Waals surface area contributed by atoms with Crippen molar-refractivity contribution in [2.24, 2.45) is 0 Å². The minimum Gasteiger partial charge on any atom is -0.406 e. The van der Waals surface area contributed by atoms with Crippen molar-refractivity contribution in [3.8, 4) is 5.75 Å². The van der Waals surface area contributed by atoms with Crippen LogP contribution in [-0.2, 0) is 5.75 Å². The van der Waals surface area contributed by atoms with Gasteiger partial charge in [-0.15, -0.1) is 13.2 Å². The molecule has 0 aromatic heterocycles. The molecule has 0 aliphatic rings. The SMILES string of the molecule is CCCSCc1cccc(OC(F)(F)F)c1. The molecule has 0 N–H and O–H groups in total.